The van der Waals surface area contributed by atoms with Gasteiger partial charge in [0.15, 0.2) is 0 Å². The molecule has 0 unspecified atom stereocenters. The molecule has 0 radical (unpaired) electrons. The molecule has 20 heavy (non-hydrogen) atoms. The Hall–Kier alpha value is -2.29. The van der Waals surface area contributed by atoms with Gasteiger partial charge in [-0.1, -0.05) is 31.5 Å². The van der Waals surface area contributed by atoms with Gasteiger partial charge in [0.1, 0.15) is 5.75 Å². The molecule has 0 aromatic heterocycles. The Kier molecular flexibility index (Phi) is 4.77. The zero-order chi connectivity index (χ0) is 14.4. The summed E-state index contributed by atoms with van der Waals surface area (Å²) in [5, 5.41) is 12.1. The third kappa shape index (κ3) is 3.85. The van der Waals surface area contributed by atoms with Crippen molar-refractivity contribution in [3.8, 4) is 5.75 Å². The maximum Gasteiger partial charge on any atom is 0.255 e. The molecule has 0 aliphatic rings. The number of rotatable bonds is 5. The van der Waals surface area contributed by atoms with Crippen molar-refractivity contribution in [3.05, 3.63) is 59.7 Å². The van der Waals surface area contributed by atoms with Crippen molar-refractivity contribution in [2.45, 2.75) is 26.2 Å². The van der Waals surface area contributed by atoms with Gasteiger partial charge in [0, 0.05) is 17.3 Å². The fourth-order valence-corrected chi connectivity index (χ4v) is 1.99. The molecule has 0 fully saturated rings. The minimum atomic E-state index is -0.169. The molecular weight excluding hydrogens is 250 g/mol. The molecule has 0 atom stereocenters. The second-order valence-electron chi connectivity index (χ2n) is 4.80. The molecule has 0 spiro atoms. The summed E-state index contributed by atoms with van der Waals surface area (Å²) in [5.74, 6) is -0.0321. The van der Waals surface area contributed by atoms with E-state index in [9.17, 15) is 9.90 Å². The third-order valence-electron chi connectivity index (χ3n) is 3.14. The highest BCUT2D eigenvalue weighted by Crippen LogP contribution is 2.16. The standard InChI is InChI=1S/C17H19NO2/c1-2-3-5-13-8-10-14(11-9-13)17(20)18-15-6-4-7-16(19)12-15/h4,6-12,19H,2-3,5H2,1H3,(H,18,20). The molecule has 0 heterocycles. The first-order chi connectivity index (χ1) is 9.69. The quantitative estimate of drug-likeness (QED) is 0.862. The molecule has 2 N–H and O–H groups in total. The lowest BCUT2D eigenvalue weighted by Gasteiger charge is -2.06. The van der Waals surface area contributed by atoms with Gasteiger partial charge >= 0.3 is 0 Å². The minimum Gasteiger partial charge on any atom is -0.508 e. The van der Waals surface area contributed by atoms with Gasteiger partial charge in [-0.25, -0.2) is 0 Å². The number of nitrogens with one attached hydrogen (secondary N) is 1. The predicted octanol–water partition coefficient (Wildman–Crippen LogP) is 3.99. The second kappa shape index (κ2) is 6.75. The van der Waals surface area contributed by atoms with Crippen LogP contribution in [-0.2, 0) is 6.42 Å². The molecule has 2 aromatic carbocycles. The normalized spacial score (nSPS) is 10.2. The molecule has 0 aliphatic carbocycles. The topological polar surface area (TPSA) is 49.3 Å². The number of amides is 1. The van der Waals surface area contributed by atoms with E-state index >= 15 is 0 Å². The molecule has 0 saturated heterocycles. The number of anilines is 1. The minimum absolute atomic E-state index is 0.137. The van der Waals surface area contributed by atoms with Gasteiger partial charge in [-0.2, -0.15) is 0 Å². The van der Waals surface area contributed by atoms with Gasteiger partial charge in [-0.3, -0.25) is 4.79 Å². The van der Waals surface area contributed by atoms with Crippen molar-refractivity contribution in [3.63, 3.8) is 0 Å². The van der Waals surface area contributed by atoms with Crippen molar-refractivity contribution in [1.82, 2.24) is 0 Å². The Bertz CT molecular complexity index is 576. The molecule has 0 saturated carbocycles. The average Bonchev–Trinajstić information content (AvgIpc) is 2.45. The monoisotopic (exact) mass is 269 g/mol. The van der Waals surface area contributed by atoms with Crippen LogP contribution in [0.25, 0.3) is 0 Å². The van der Waals surface area contributed by atoms with E-state index < -0.39 is 0 Å². The molecule has 104 valence electrons. The molecule has 3 nitrogen and oxygen atoms in total. The number of phenols is 1. The van der Waals surface area contributed by atoms with Crippen LogP contribution < -0.4 is 5.32 Å². The fourth-order valence-electron chi connectivity index (χ4n) is 1.99. The van der Waals surface area contributed by atoms with E-state index in [4.69, 9.17) is 0 Å². The van der Waals surface area contributed by atoms with Crippen LogP contribution in [0.3, 0.4) is 0 Å². The Morgan fingerprint density at radius 1 is 1.15 bits per heavy atom. The Balaban J connectivity index is 2.02. The van der Waals surface area contributed by atoms with Gasteiger partial charge in [-0.05, 0) is 42.7 Å². The zero-order valence-corrected chi connectivity index (χ0v) is 11.6. The number of carbonyl (C=O) groups excluding carboxylic acids is 1. The number of hydrogen-bond donors (Lipinski definition) is 2. The Morgan fingerprint density at radius 3 is 2.55 bits per heavy atom. The van der Waals surface area contributed by atoms with Crippen molar-refractivity contribution in [2.24, 2.45) is 0 Å². The summed E-state index contributed by atoms with van der Waals surface area (Å²) in [6.45, 7) is 2.16. The van der Waals surface area contributed by atoms with Crippen LogP contribution >= 0.6 is 0 Å². The molecule has 0 aliphatic heterocycles. The van der Waals surface area contributed by atoms with Crippen molar-refractivity contribution < 1.29 is 9.90 Å². The number of carbonyl (C=O) groups is 1. The molecule has 2 rings (SSSR count). The summed E-state index contributed by atoms with van der Waals surface area (Å²) in [7, 11) is 0. The van der Waals surface area contributed by atoms with Crippen LogP contribution in [0, 0.1) is 0 Å². The van der Waals surface area contributed by atoms with E-state index in [1.165, 1.54) is 18.1 Å². The smallest absolute Gasteiger partial charge is 0.255 e. The highest BCUT2D eigenvalue weighted by Gasteiger charge is 2.06. The first-order valence-electron chi connectivity index (χ1n) is 6.88. The van der Waals surface area contributed by atoms with Gasteiger partial charge in [0.25, 0.3) is 5.91 Å². The summed E-state index contributed by atoms with van der Waals surface area (Å²) in [6, 6.07) is 14.2. The van der Waals surface area contributed by atoms with Crippen molar-refractivity contribution in [2.75, 3.05) is 5.32 Å². The highest BCUT2D eigenvalue weighted by molar-refractivity contribution is 6.04. The van der Waals surface area contributed by atoms with Gasteiger partial charge < -0.3 is 10.4 Å². The van der Waals surface area contributed by atoms with Crippen LogP contribution in [0.4, 0.5) is 5.69 Å². The summed E-state index contributed by atoms with van der Waals surface area (Å²) < 4.78 is 0. The van der Waals surface area contributed by atoms with E-state index in [2.05, 4.69) is 12.2 Å². The molecule has 3 heteroatoms. The maximum absolute atomic E-state index is 12.1. The van der Waals surface area contributed by atoms with Crippen LogP contribution in [0.2, 0.25) is 0 Å². The Morgan fingerprint density at radius 2 is 1.90 bits per heavy atom. The van der Waals surface area contributed by atoms with E-state index in [1.807, 2.05) is 24.3 Å². The zero-order valence-electron chi connectivity index (χ0n) is 11.6. The van der Waals surface area contributed by atoms with Gasteiger partial charge in [0.05, 0.1) is 0 Å². The number of hydrogen-bond acceptors (Lipinski definition) is 2. The largest absolute Gasteiger partial charge is 0.508 e. The van der Waals surface area contributed by atoms with Crippen LogP contribution in [-0.4, -0.2) is 11.0 Å². The van der Waals surface area contributed by atoms with E-state index in [1.54, 1.807) is 18.2 Å². The van der Waals surface area contributed by atoms with Crippen molar-refractivity contribution in [1.29, 1.82) is 0 Å². The highest BCUT2D eigenvalue weighted by atomic mass is 16.3. The number of aromatic hydroxyl groups is 1. The van der Waals surface area contributed by atoms with Crippen LogP contribution in [0.1, 0.15) is 35.7 Å². The first kappa shape index (κ1) is 14.1. The predicted molar refractivity (Wildman–Crippen MR) is 81.1 cm³/mol. The summed E-state index contributed by atoms with van der Waals surface area (Å²) in [5.41, 5.74) is 2.46. The SMILES string of the molecule is CCCCc1ccc(C(=O)Nc2cccc(O)c2)cc1. The lowest BCUT2D eigenvalue weighted by molar-refractivity contribution is 0.102. The van der Waals surface area contributed by atoms with E-state index in [0.29, 0.717) is 11.3 Å². The second-order valence-corrected chi connectivity index (χ2v) is 4.80. The lowest BCUT2D eigenvalue weighted by atomic mass is 10.1. The van der Waals surface area contributed by atoms with E-state index in [0.717, 1.165) is 12.8 Å². The molecule has 0 bridgehead atoms. The Labute approximate surface area is 119 Å². The fraction of sp³-hybridized carbons (Fsp3) is 0.235. The number of aryl methyl sites for hydroxylation is 1. The number of phenolic OH excluding ortho intramolecular Hbond substituents is 1. The van der Waals surface area contributed by atoms with Crippen molar-refractivity contribution >= 4 is 11.6 Å². The summed E-state index contributed by atoms with van der Waals surface area (Å²) >= 11 is 0. The number of benzene rings is 2. The number of unbranched alkanes of at least 4 members (excludes halogenated alkanes) is 1. The van der Waals surface area contributed by atoms with Crippen LogP contribution in [0.5, 0.6) is 5.75 Å². The third-order valence-corrected chi connectivity index (χ3v) is 3.14. The van der Waals surface area contributed by atoms with E-state index in [-0.39, 0.29) is 11.7 Å². The average molecular weight is 269 g/mol. The van der Waals surface area contributed by atoms with Gasteiger partial charge in [0.2, 0.25) is 0 Å². The summed E-state index contributed by atoms with van der Waals surface area (Å²) in [6.07, 6.45) is 3.37. The first-order valence-corrected chi connectivity index (χ1v) is 6.88. The summed E-state index contributed by atoms with van der Waals surface area (Å²) in [4.78, 5) is 12.1. The molecule has 2 aromatic rings. The van der Waals surface area contributed by atoms with Crippen LogP contribution in [0.15, 0.2) is 48.5 Å². The lowest BCUT2D eigenvalue weighted by Crippen LogP contribution is -2.11. The maximum atomic E-state index is 12.1. The molecule has 1 amide bonds. The van der Waals surface area contributed by atoms with Gasteiger partial charge in [-0.15, -0.1) is 0 Å². The molecular formula is C17H19NO2.